The number of fused-ring (bicyclic) bond motifs is 1. The Morgan fingerprint density at radius 3 is 2.33 bits per heavy atom. The van der Waals surface area contributed by atoms with Crippen molar-refractivity contribution in [3.63, 3.8) is 0 Å². The van der Waals surface area contributed by atoms with Crippen LogP contribution in [0.2, 0.25) is 0 Å². The maximum atomic E-state index is 14.6. The molecule has 0 bridgehead atoms. The van der Waals surface area contributed by atoms with Gasteiger partial charge in [-0.25, -0.2) is 4.79 Å². The van der Waals surface area contributed by atoms with E-state index in [1.807, 2.05) is 24.3 Å². The van der Waals surface area contributed by atoms with Crippen molar-refractivity contribution in [3.05, 3.63) is 45.0 Å². The highest BCUT2D eigenvalue weighted by Gasteiger charge is 2.62. The quantitative estimate of drug-likeness (QED) is 0.136. The molecule has 0 aliphatic heterocycles. The topological polar surface area (TPSA) is 69.7 Å². The SMILES string of the molecule is CC(=O)OCC[C@]1(C)[C@@H]([C@@H](C)[C@H]2C[C@]2(C)[C@H](C)C(C)C)CC[C@H]1[C@H]1CC=C2C[C@H](OC(=O)c3ccc(I)cc3)CC[C@]2(C)C1=O. The molecule has 5 nitrogen and oxygen atoms in total. The number of ketones is 1. The van der Waals surface area contributed by atoms with Gasteiger partial charge >= 0.3 is 11.9 Å². The van der Waals surface area contributed by atoms with Crippen molar-refractivity contribution in [2.75, 3.05) is 6.61 Å². The molecule has 45 heavy (non-hydrogen) atoms. The molecule has 5 rings (SSSR count). The van der Waals surface area contributed by atoms with E-state index in [1.165, 1.54) is 13.3 Å². The largest absolute Gasteiger partial charge is 0.466 e. The Kier molecular flexibility index (Phi) is 10.1. The summed E-state index contributed by atoms with van der Waals surface area (Å²) in [5, 5.41) is 0. The highest BCUT2D eigenvalue weighted by atomic mass is 127. The number of carbonyl (C=O) groups excluding carboxylic acids is 3. The molecule has 3 saturated carbocycles. The van der Waals surface area contributed by atoms with Gasteiger partial charge in [-0.2, -0.15) is 0 Å². The number of esters is 2. The van der Waals surface area contributed by atoms with Gasteiger partial charge < -0.3 is 9.47 Å². The lowest BCUT2D eigenvalue weighted by Gasteiger charge is -2.48. The van der Waals surface area contributed by atoms with E-state index in [9.17, 15) is 14.4 Å². The number of hydrogen-bond donors (Lipinski definition) is 0. The number of carbonyl (C=O) groups is 3. The Bertz CT molecular complexity index is 1320. The lowest BCUT2D eigenvalue weighted by atomic mass is 9.55. The van der Waals surface area contributed by atoms with E-state index in [1.54, 1.807) is 0 Å². The second-order valence-corrected chi connectivity index (χ2v) is 17.4. The van der Waals surface area contributed by atoms with Crippen LogP contribution in [0.4, 0.5) is 0 Å². The van der Waals surface area contributed by atoms with E-state index in [0.29, 0.717) is 72.2 Å². The average molecular weight is 731 g/mol. The number of ether oxygens (including phenoxy) is 2. The van der Waals surface area contributed by atoms with E-state index in [0.717, 1.165) is 34.8 Å². The molecule has 1 aromatic rings. The Hall–Kier alpha value is -1.70. The van der Waals surface area contributed by atoms with Gasteiger partial charge in [0.1, 0.15) is 11.9 Å². The van der Waals surface area contributed by atoms with Crippen LogP contribution >= 0.6 is 22.6 Å². The van der Waals surface area contributed by atoms with Crippen molar-refractivity contribution >= 4 is 40.3 Å². The zero-order valence-corrected chi connectivity index (χ0v) is 30.9. The van der Waals surface area contributed by atoms with Crippen LogP contribution in [0, 0.1) is 61.2 Å². The first-order valence-corrected chi connectivity index (χ1v) is 18.5. The van der Waals surface area contributed by atoms with Crippen LogP contribution in [0.5, 0.6) is 0 Å². The smallest absolute Gasteiger partial charge is 0.338 e. The second-order valence-electron chi connectivity index (χ2n) is 16.1. The molecule has 0 aromatic heterocycles. The average Bonchev–Trinajstić information content (AvgIpc) is 3.57. The maximum Gasteiger partial charge on any atom is 0.338 e. The summed E-state index contributed by atoms with van der Waals surface area (Å²) in [7, 11) is 0. The molecule has 0 saturated heterocycles. The Morgan fingerprint density at radius 1 is 1.00 bits per heavy atom. The van der Waals surface area contributed by atoms with Crippen molar-refractivity contribution in [1.29, 1.82) is 0 Å². The monoisotopic (exact) mass is 730 g/mol. The molecular weight excluding hydrogens is 675 g/mol. The molecule has 4 aliphatic rings. The minimum atomic E-state index is -0.503. The summed E-state index contributed by atoms with van der Waals surface area (Å²) in [4.78, 5) is 39.2. The third-order valence-corrected chi connectivity index (χ3v) is 14.3. The van der Waals surface area contributed by atoms with Crippen molar-refractivity contribution in [1.82, 2.24) is 0 Å². The van der Waals surface area contributed by atoms with Crippen molar-refractivity contribution < 1.29 is 23.9 Å². The van der Waals surface area contributed by atoms with Gasteiger partial charge in [0, 0.05) is 28.2 Å². The van der Waals surface area contributed by atoms with Crippen molar-refractivity contribution in [2.24, 2.45) is 57.7 Å². The summed E-state index contributed by atoms with van der Waals surface area (Å²) in [6.45, 7) is 18.6. The lowest BCUT2D eigenvalue weighted by Crippen LogP contribution is -2.48. The van der Waals surface area contributed by atoms with E-state index >= 15 is 0 Å². The minimum absolute atomic E-state index is 0.0238. The maximum absolute atomic E-state index is 14.6. The first-order valence-electron chi connectivity index (χ1n) is 17.5. The van der Waals surface area contributed by atoms with E-state index in [4.69, 9.17) is 9.47 Å². The summed E-state index contributed by atoms with van der Waals surface area (Å²) >= 11 is 2.23. The fourth-order valence-electron chi connectivity index (χ4n) is 10.2. The van der Waals surface area contributed by atoms with Gasteiger partial charge in [-0.3, -0.25) is 9.59 Å². The number of allylic oxidation sites excluding steroid dienone is 1. The number of Topliss-reactive ketones (excluding diaryl/α,β-unsaturated/α-hetero) is 1. The summed E-state index contributed by atoms with van der Waals surface area (Å²) in [6, 6.07) is 7.46. The molecule has 6 heteroatoms. The van der Waals surface area contributed by atoms with Gasteiger partial charge in [-0.1, -0.05) is 53.2 Å². The molecule has 3 fully saturated rings. The lowest BCUT2D eigenvalue weighted by molar-refractivity contribution is -0.143. The number of benzene rings is 1. The van der Waals surface area contributed by atoms with E-state index in [-0.39, 0.29) is 35.3 Å². The Balaban J connectivity index is 1.33. The summed E-state index contributed by atoms with van der Waals surface area (Å²) in [5.74, 6) is 3.24. The van der Waals surface area contributed by atoms with Gasteiger partial charge in [-0.15, -0.1) is 0 Å². The zero-order chi connectivity index (χ0) is 32.9. The summed E-state index contributed by atoms with van der Waals surface area (Å²) in [5.41, 5.74) is 1.53. The molecule has 10 atom stereocenters. The fourth-order valence-corrected chi connectivity index (χ4v) is 10.5. The van der Waals surface area contributed by atoms with E-state index < -0.39 is 5.41 Å². The fraction of sp³-hybridized carbons (Fsp3) is 0.718. The normalized spacial score (nSPS) is 37.4. The molecule has 0 heterocycles. The van der Waals surface area contributed by atoms with Crippen LogP contribution in [0.1, 0.15) is 117 Å². The third kappa shape index (κ3) is 6.56. The molecule has 0 radical (unpaired) electrons. The molecule has 0 amide bonds. The van der Waals surface area contributed by atoms with Crippen LogP contribution in [-0.4, -0.2) is 30.4 Å². The summed E-state index contributed by atoms with van der Waals surface area (Å²) in [6.07, 6.45) is 9.21. The van der Waals surface area contributed by atoms with Gasteiger partial charge in [0.05, 0.1) is 12.2 Å². The highest BCUT2D eigenvalue weighted by molar-refractivity contribution is 14.1. The molecule has 1 aromatic carbocycles. The first kappa shape index (κ1) is 34.6. The molecular formula is C39H55IO5. The Morgan fingerprint density at radius 2 is 1.69 bits per heavy atom. The van der Waals surface area contributed by atoms with Gasteiger partial charge in [0.15, 0.2) is 0 Å². The predicted octanol–water partition coefficient (Wildman–Crippen LogP) is 9.46. The van der Waals surface area contributed by atoms with Crippen LogP contribution < -0.4 is 0 Å². The zero-order valence-electron chi connectivity index (χ0n) is 28.8. The molecule has 248 valence electrons. The van der Waals surface area contributed by atoms with Crippen LogP contribution in [0.25, 0.3) is 0 Å². The number of rotatable bonds is 10. The summed E-state index contributed by atoms with van der Waals surface area (Å²) < 4.78 is 12.6. The van der Waals surface area contributed by atoms with Crippen LogP contribution in [-0.2, 0) is 19.1 Å². The van der Waals surface area contributed by atoms with Crippen LogP contribution in [0.15, 0.2) is 35.9 Å². The second kappa shape index (κ2) is 13.1. The highest BCUT2D eigenvalue weighted by Crippen LogP contribution is 2.68. The van der Waals surface area contributed by atoms with Gasteiger partial charge in [-0.05, 0) is 145 Å². The minimum Gasteiger partial charge on any atom is -0.466 e. The van der Waals surface area contributed by atoms with Gasteiger partial charge in [0.25, 0.3) is 0 Å². The standard InChI is InChI=1S/C39H55IO5/c1-23(2)25(4)39(8)22-34(39)24(3)32-15-16-33(38(32,7)19-20-44-26(5)41)31-14-11-28-21-30(17-18-37(28,6)35(31)42)45-36(43)27-9-12-29(40)13-10-27/h9-13,23-25,30-34H,14-22H2,1-8H3/t24-,25-,30-,31-,32-,33+,34-,37+,38-,39-/m1/s1. The predicted molar refractivity (Wildman–Crippen MR) is 186 cm³/mol. The molecule has 0 spiro atoms. The third-order valence-electron chi connectivity index (χ3n) is 13.5. The molecule has 4 aliphatic carbocycles. The Labute approximate surface area is 285 Å². The number of hydrogen-bond acceptors (Lipinski definition) is 5. The molecule has 0 N–H and O–H groups in total. The first-order chi connectivity index (χ1) is 21.1. The van der Waals surface area contributed by atoms with E-state index in [2.05, 4.69) is 77.1 Å². The number of halogens is 1. The van der Waals surface area contributed by atoms with Gasteiger partial charge in [0.2, 0.25) is 0 Å². The molecule has 0 unspecified atom stereocenters. The van der Waals surface area contributed by atoms with Crippen molar-refractivity contribution in [3.8, 4) is 0 Å². The van der Waals surface area contributed by atoms with Crippen molar-refractivity contribution in [2.45, 2.75) is 113 Å². The van der Waals surface area contributed by atoms with Crippen LogP contribution in [0.3, 0.4) is 0 Å².